The number of hydrogen-bond donors (Lipinski definition) is 1. The van der Waals surface area contributed by atoms with Crippen molar-refractivity contribution in [2.75, 3.05) is 11.9 Å². The molecule has 1 N–H and O–H groups in total. The third-order valence-corrected chi connectivity index (χ3v) is 6.21. The third kappa shape index (κ3) is 4.12. The molecule has 1 aliphatic carbocycles. The molecule has 0 aromatic carbocycles. The van der Waals surface area contributed by atoms with Crippen molar-refractivity contribution < 1.29 is 18.0 Å². The van der Waals surface area contributed by atoms with Crippen molar-refractivity contribution in [1.29, 1.82) is 0 Å². The molecule has 1 aliphatic heterocycles. The van der Waals surface area contributed by atoms with E-state index in [1.165, 1.54) is 6.07 Å². The SMILES string of the molecule is Cc1ccc(C(=O)N2CC3CC(Nc4ccc(C(F)(F)F)cn4)C2C3)c(-c2ncccn2)n1. The second-order valence-electron chi connectivity index (χ2n) is 8.46. The van der Waals surface area contributed by atoms with E-state index in [0.717, 1.165) is 30.8 Å². The fourth-order valence-electron chi connectivity index (χ4n) is 4.73. The molecule has 3 unspecified atom stereocenters. The Bertz CT molecular complexity index is 1170. The van der Waals surface area contributed by atoms with Gasteiger partial charge in [0.2, 0.25) is 0 Å². The minimum Gasteiger partial charge on any atom is -0.365 e. The normalized spacial score (nSPS) is 21.9. The first kappa shape index (κ1) is 21.3. The number of hydrogen-bond acceptors (Lipinski definition) is 6. The van der Waals surface area contributed by atoms with E-state index in [1.807, 2.05) is 11.8 Å². The number of piperidine rings is 1. The van der Waals surface area contributed by atoms with Gasteiger partial charge in [0, 0.05) is 36.9 Å². The van der Waals surface area contributed by atoms with Gasteiger partial charge in [-0.3, -0.25) is 4.79 Å². The van der Waals surface area contributed by atoms with E-state index in [4.69, 9.17) is 0 Å². The van der Waals surface area contributed by atoms with Gasteiger partial charge in [0.25, 0.3) is 5.91 Å². The van der Waals surface area contributed by atoms with Crippen LogP contribution in [0.5, 0.6) is 0 Å². The van der Waals surface area contributed by atoms with Gasteiger partial charge >= 0.3 is 6.18 Å². The van der Waals surface area contributed by atoms with Crippen LogP contribution in [-0.4, -0.2) is 49.4 Å². The number of rotatable bonds is 4. The zero-order valence-corrected chi connectivity index (χ0v) is 17.8. The van der Waals surface area contributed by atoms with E-state index in [0.29, 0.717) is 35.4 Å². The minimum absolute atomic E-state index is 0.0857. The summed E-state index contributed by atoms with van der Waals surface area (Å²) < 4.78 is 38.4. The second kappa shape index (κ2) is 8.09. The van der Waals surface area contributed by atoms with Gasteiger partial charge in [-0.2, -0.15) is 13.2 Å². The van der Waals surface area contributed by atoms with Crippen LogP contribution in [0.15, 0.2) is 48.9 Å². The number of amides is 1. The summed E-state index contributed by atoms with van der Waals surface area (Å²) in [7, 11) is 0. The zero-order valence-electron chi connectivity index (χ0n) is 17.8. The van der Waals surface area contributed by atoms with Gasteiger partial charge < -0.3 is 10.2 Å². The van der Waals surface area contributed by atoms with Crippen molar-refractivity contribution >= 4 is 11.7 Å². The van der Waals surface area contributed by atoms with E-state index >= 15 is 0 Å². The van der Waals surface area contributed by atoms with Crippen LogP contribution in [0.2, 0.25) is 0 Å². The summed E-state index contributed by atoms with van der Waals surface area (Å²) in [6.45, 7) is 2.47. The van der Waals surface area contributed by atoms with Crippen molar-refractivity contribution in [1.82, 2.24) is 24.8 Å². The number of likely N-dealkylation sites (tertiary alicyclic amines) is 1. The largest absolute Gasteiger partial charge is 0.417 e. The summed E-state index contributed by atoms with van der Waals surface area (Å²) in [5.41, 5.74) is 0.841. The van der Waals surface area contributed by atoms with Gasteiger partial charge in [-0.15, -0.1) is 0 Å². The number of pyridine rings is 2. The number of fused-ring (bicyclic) bond motifs is 2. The molecule has 0 spiro atoms. The molecular formula is C23H21F3N6O. The van der Waals surface area contributed by atoms with Crippen LogP contribution < -0.4 is 5.32 Å². The molecular weight excluding hydrogens is 433 g/mol. The van der Waals surface area contributed by atoms with Crippen molar-refractivity contribution in [2.24, 2.45) is 5.92 Å². The highest BCUT2D eigenvalue weighted by Crippen LogP contribution is 2.40. The maximum atomic E-state index is 13.6. The molecule has 4 heterocycles. The van der Waals surface area contributed by atoms with Crippen molar-refractivity contribution in [3.05, 3.63) is 65.7 Å². The van der Waals surface area contributed by atoms with Gasteiger partial charge in [-0.25, -0.2) is 19.9 Å². The van der Waals surface area contributed by atoms with Gasteiger partial charge in [0.05, 0.1) is 17.2 Å². The number of carbonyl (C=O) groups is 1. The fourth-order valence-corrected chi connectivity index (χ4v) is 4.73. The van der Waals surface area contributed by atoms with E-state index < -0.39 is 11.7 Å². The van der Waals surface area contributed by atoms with Crippen LogP contribution >= 0.6 is 0 Å². The van der Waals surface area contributed by atoms with Crippen molar-refractivity contribution in [3.63, 3.8) is 0 Å². The van der Waals surface area contributed by atoms with Gasteiger partial charge in [-0.05, 0) is 56.0 Å². The van der Waals surface area contributed by atoms with Crippen LogP contribution in [0.1, 0.15) is 34.5 Å². The standard InChI is InChI=1S/C23H21F3N6O/c1-13-3-5-16(20(30-13)21-27-7-2-8-28-21)22(33)32-12-14-9-17(18(32)10-14)31-19-6-4-15(11-29-19)23(24,25)26/h2-8,11,14,17-18H,9-10,12H2,1H3,(H,29,31). The first-order chi connectivity index (χ1) is 15.8. The number of nitrogens with one attached hydrogen (secondary N) is 1. The lowest BCUT2D eigenvalue weighted by molar-refractivity contribution is -0.137. The molecule has 3 aromatic heterocycles. The molecule has 0 radical (unpaired) electrons. The number of alkyl halides is 3. The molecule has 10 heteroatoms. The molecule has 1 saturated carbocycles. The van der Waals surface area contributed by atoms with Gasteiger partial charge in [0.15, 0.2) is 5.82 Å². The Morgan fingerprint density at radius 2 is 1.88 bits per heavy atom. The Morgan fingerprint density at radius 1 is 1.09 bits per heavy atom. The third-order valence-electron chi connectivity index (χ3n) is 6.21. The highest BCUT2D eigenvalue weighted by atomic mass is 19.4. The Balaban J connectivity index is 1.37. The molecule has 2 aliphatic rings. The minimum atomic E-state index is -4.43. The molecule has 2 bridgehead atoms. The van der Waals surface area contributed by atoms with Crippen LogP contribution in [0.4, 0.5) is 19.0 Å². The van der Waals surface area contributed by atoms with E-state index in [9.17, 15) is 18.0 Å². The van der Waals surface area contributed by atoms with Crippen LogP contribution in [0.3, 0.4) is 0 Å². The summed E-state index contributed by atoms with van der Waals surface area (Å²) in [5.74, 6) is 0.922. The number of aromatic nitrogens is 4. The average Bonchev–Trinajstić information content (AvgIpc) is 3.40. The van der Waals surface area contributed by atoms with Gasteiger partial charge in [-0.1, -0.05) is 0 Å². The summed E-state index contributed by atoms with van der Waals surface area (Å²) in [6, 6.07) is 7.40. The maximum absolute atomic E-state index is 13.6. The lowest BCUT2D eigenvalue weighted by atomic mass is 10.0. The average molecular weight is 454 g/mol. The van der Waals surface area contributed by atoms with E-state index in [-0.39, 0.29) is 18.0 Å². The molecule has 2 fully saturated rings. The fraction of sp³-hybridized carbons (Fsp3) is 0.348. The molecule has 7 nitrogen and oxygen atoms in total. The lowest BCUT2D eigenvalue weighted by Gasteiger charge is -2.34. The van der Waals surface area contributed by atoms with Gasteiger partial charge in [0.1, 0.15) is 11.5 Å². The molecule has 3 atom stereocenters. The highest BCUT2D eigenvalue weighted by Gasteiger charge is 2.47. The summed E-state index contributed by atoms with van der Waals surface area (Å²) in [4.78, 5) is 32.3. The molecule has 1 saturated heterocycles. The monoisotopic (exact) mass is 454 g/mol. The Morgan fingerprint density at radius 3 is 2.55 bits per heavy atom. The maximum Gasteiger partial charge on any atom is 0.417 e. The number of carbonyl (C=O) groups excluding carboxylic acids is 1. The Kier molecular flexibility index (Phi) is 5.22. The van der Waals surface area contributed by atoms with Crippen LogP contribution in [-0.2, 0) is 6.18 Å². The summed E-state index contributed by atoms with van der Waals surface area (Å²) in [5, 5.41) is 3.23. The summed E-state index contributed by atoms with van der Waals surface area (Å²) in [6.07, 6.45) is 1.27. The number of anilines is 1. The smallest absolute Gasteiger partial charge is 0.365 e. The predicted octanol–water partition coefficient (Wildman–Crippen LogP) is 3.98. The van der Waals surface area contributed by atoms with E-state index in [2.05, 4.69) is 25.3 Å². The summed E-state index contributed by atoms with van der Waals surface area (Å²) >= 11 is 0. The Labute approximate surface area is 188 Å². The quantitative estimate of drug-likeness (QED) is 0.642. The Hall–Kier alpha value is -3.56. The number of aryl methyl sites for hydroxylation is 1. The molecule has 5 rings (SSSR count). The number of halogens is 3. The topological polar surface area (TPSA) is 83.9 Å². The zero-order chi connectivity index (χ0) is 23.2. The van der Waals surface area contributed by atoms with Crippen molar-refractivity contribution in [2.45, 2.75) is 38.0 Å². The molecule has 1 amide bonds. The second-order valence-corrected chi connectivity index (χ2v) is 8.46. The molecule has 170 valence electrons. The van der Waals surface area contributed by atoms with Crippen molar-refractivity contribution in [3.8, 4) is 11.5 Å². The predicted molar refractivity (Wildman–Crippen MR) is 114 cm³/mol. The molecule has 3 aromatic rings. The first-order valence-corrected chi connectivity index (χ1v) is 10.7. The van der Waals surface area contributed by atoms with E-state index in [1.54, 1.807) is 30.6 Å². The number of nitrogens with zero attached hydrogens (tertiary/aromatic N) is 5. The lowest BCUT2D eigenvalue weighted by Crippen LogP contribution is -2.48. The van der Waals surface area contributed by atoms with Crippen LogP contribution in [0.25, 0.3) is 11.5 Å². The van der Waals surface area contributed by atoms with Crippen LogP contribution in [0, 0.1) is 12.8 Å². The first-order valence-electron chi connectivity index (χ1n) is 10.7. The highest BCUT2D eigenvalue weighted by molar-refractivity contribution is 5.99. The molecule has 33 heavy (non-hydrogen) atoms.